The molecule has 0 fully saturated rings. The van der Waals surface area contributed by atoms with Crippen molar-refractivity contribution >= 4 is 49.4 Å². The number of amides is 1. The summed E-state index contributed by atoms with van der Waals surface area (Å²) >= 11 is 12.8. The number of benzene rings is 2. The Morgan fingerprint density at radius 2 is 1.90 bits per heavy atom. The molecule has 2 rings (SSSR count). The molecule has 1 amide bonds. The highest BCUT2D eigenvalue weighted by Gasteiger charge is 2.21. The van der Waals surface area contributed by atoms with Crippen molar-refractivity contribution in [2.45, 2.75) is 13.0 Å². The first-order chi connectivity index (χ1) is 9.90. The summed E-state index contributed by atoms with van der Waals surface area (Å²) in [6, 6.07) is 13.1. The van der Waals surface area contributed by atoms with E-state index in [-0.39, 0.29) is 11.9 Å². The summed E-state index contributed by atoms with van der Waals surface area (Å²) in [4.78, 5) is 14.4. The molecule has 1 unspecified atom stereocenters. The van der Waals surface area contributed by atoms with Gasteiger partial charge >= 0.3 is 0 Å². The Labute approximate surface area is 146 Å². The van der Waals surface area contributed by atoms with Gasteiger partial charge in [-0.1, -0.05) is 39.7 Å². The summed E-state index contributed by atoms with van der Waals surface area (Å²) in [5.41, 5.74) is 1.63. The van der Waals surface area contributed by atoms with Crippen LogP contribution < -0.4 is 0 Å². The average Bonchev–Trinajstić information content (AvgIpc) is 2.47. The molecule has 1 atom stereocenters. The van der Waals surface area contributed by atoms with E-state index >= 15 is 0 Å². The van der Waals surface area contributed by atoms with Crippen LogP contribution in [0.3, 0.4) is 0 Å². The molecular formula is C16H14Br2ClNO. The Morgan fingerprint density at radius 3 is 2.57 bits per heavy atom. The predicted octanol–water partition coefficient (Wildman–Crippen LogP) is 5.70. The standard InChI is InChI=1S/C16H14Br2ClNO/c1-10(11-4-3-5-13(19)8-11)20(2)16(21)14-9-12(17)6-7-15(14)18/h3-10H,1-2H3. The maximum Gasteiger partial charge on any atom is 0.255 e. The van der Waals surface area contributed by atoms with Crippen LogP contribution in [0.1, 0.15) is 28.9 Å². The zero-order valence-electron chi connectivity index (χ0n) is 11.6. The van der Waals surface area contributed by atoms with Crippen molar-refractivity contribution in [3.05, 3.63) is 67.6 Å². The fourth-order valence-electron chi connectivity index (χ4n) is 2.02. The van der Waals surface area contributed by atoms with Gasteiger partial charge in [-0.05, 0) is 58.7 Å². The third-order valence-electron chi connectivity index (χ3n) is 3.39. The second kappa shape index (κ2) is 6.95. The highest BCUT2D eigenvalue weighted by Crippen LogP contribution is 2.27. The molecule has 0 saturated carbocycles. The smallest absolute Gasteiger partial charge is 0.255 e. The Morgan fingerprint density at radius 1 is 1.19 bits per heavy atom. The second-order valence-electron chi connectivity index (χ2n) is 4.77. The average molecular weight is 432 g/mol. The minimum absolute atomic E-state index is 0.0457. The van der Waals surface area contributed by atoms with Crippen molar-refractivity contribution in [3.63, 3.8) is 0 Å². The molecule has 2 aromatic rings. The highest BCUT2D eigenvalue weighted by atomic mass is 79.9. The minimum Gasteiger partial charge on any atom is -0.335 e. The van der Waals surface area contributed by atoms with Crippen LogP contribution >= 0.6 is 43.5 Å². The third-order valence-corrected chi connectivity index (χ3v) is 4.81. The first-order valence-corrected chi connectivity index (χ1v) is 8.34. The molecular weight excluding hydrogens is 417 g/mol. The Hall–Kier alpha value is -0.840. The van der Waals surface area contributed by atoms with Crippen molar-refractivity contribution in [3.8, 4) is 0 Å². The number of halogens is 3. The molecule has 0 aliphatic heterocycles. The van der Waals surface area contributed by atoms with Crippen LogP contribution in [0.15, 0.2) is 51.4 Å². The minimum atomic E-state index is -0.0675. The molecule has 0 aliphatic carbocycles. The van der Waals surface area contributed by atoms with Crippen LogP contribution in [0.25, 0.3) is 0 Å². The zero-order valence-corrected chi connectivity index (χ0v) is 15.5. The molecule has 0 spiro atoms. The van der Waals surface area contributed by atoms with Gasteiger partial charge in [-0.15, -0.1) is 0 Å². The van der Waals surface area contributed by atoms with E-state index in [0.717, 1.165) is 14.5 Å². The summed E-state index contributed by atoms with van der Waals surface area (Å²) in [6.45, 7) is 1.98. The number of carbonyl (C=O) groups excluding carboxylic acids is 1. The Kier molecular flexibility index (Phi) is 5.47. The molecule has 2 nitrogen and oxygen atoms in total. The van der Waals surface area contributed by atoms with E-state index in [1.54, 1.807) is 11.9 Å². The van der Waals surface area contributed by atoms with Gasteiger partial charge in [-0.3, -0.25) is 4.79 Å². The van der Waals surface area contributed by atoms with Crippen LogP contribution in [0, 0.1) is 0 Å². The summed E-state index contributed by atoms with van der Waals surface area (Å²) < 4.78 is 1.65. The molecule has 0 aromatic heterocycles. The number of hydrogen-bond acceptors (Lipinski definition) is 1. The third kappa shape index (κ3) is 3.87. The van der Waals surface area contributed by atoms with Crippen LogP contribution in [0.4, 0.5) is 0 Å². The van der Waals surface area contributed by atoms with E-state index in [1.807, 2.05) is 49.4 Å². The van der Waals surface area contributed by atoms with E-state index in [2.05, 4.69) is 31.9 Å². The van der Waals surface area contributed by atoms with E-state index < -0.39 is 0 Å². The number of nitrogens with zero attached hydrogens (tertiary/aromatic N) is 1. The quantitative estimate of drug-likeness (QED) is 0.611. The SMILES string of the molecule is CC(c1cccc(Cl)c1)N(C)C(=O)c1cc(Br)ccc1Br. The lowest BCUT2D eigenvalue weighted by Crippen LogP contribution is -2.30. The maximum absolute atomic E-state index is 12.7. The van der Waals surface area contributed by atoms with E-state index in [4.69, 9.17) is 11.6 Å². The molecule has 0 heterocycles. The number of hydrogen-bond donors (Lipinski definition) is 0. The number of carbonyl (C=O) groups is 1. The largest absolute Gasteiger partial charge is 0.335 e. The van der Waals surface area contributed by atoms with Gasteiger partial charge < -0.3 is 4.90 Å². The molecule has 0 bridgehead atoms. The summed E-state index contributed by atoms with van der Waals surface area (Å²) in [6.07, 6.45) is 0. The fourth-order valence-corrected chi connectivity index (χ4v) is 2.99. The van der Waals surface area contributed by atoms with Crippen molar-refractivity contribution in [2.75, 3.05) is 7.05 Å². The van der Waals surface area contributed by atoms with Crippen LogP contribution in [0.2, 0.25) is 5.02 Å². The topological polar surface area (TPSA) is 20.3 Å². The van der Waals surface area contributed by atoms with Gasteiger partial charge in [0.1, 0.15) is 0 Å². The van der Waals surface area contributed by atoms with Crippen molar-refractivity contribution in [1.82, 2.24) is 4.90 Å². The van der Waals surface area contributed by atoms with Gasteiger partial charge in [0.05, 0.1) is 11.6 Å². The molecule has 21 heavy (non-hydrogen) atoms. The molecule has 110 valence electrons. The molecule has 0 saturated heterocycles. The second-order valence-corrected chi connectivity index (χ2v) is 6.98. The van der Waals surface area contributed by atoms with Gasteiger partial charge in [0.25, 0.3) is 5.91 Å². The lowest BCUT2D eigenvalue weighted by Gasteiger charge is -2.26. The van der Waals surface area contributed by atoms with Crippen molar-refractivity contribution in [2.24, 2.45) is 0 Å². The summed E-state index contributed by atoms with van der Waals surface area (Å²) in [7, 11) is 1.79. The van der Waals surface area contributed by atoms with Gasteiger partial charge in [0, 0.05) is 21.0 Å². The summed E-state index contributed by atoms with van der Waals surface area (Å²) in [5, 5.41) is 0.670. The molecule has 0 N–H and O–H groups in total. The normalized spacial score (nSPS) is 12.0. The van der Waals surface area contributed by atoms with Crippen molar-refractivity contribution in [1.29, 1.82) is 0 Å². The van der Waals surface area contributed by atoms with Gasteiger partial charge in [-0.25, -0.2) is 0 Å². The highest BCUT2D eigenvalue weighted by molar-refractivity contribution is 9.11. The number of rotatable bonds is 3. The van der Waals surface area contributed by atoms with Gasteiger partial charge in [0.2, 0.25) is 0 Å². The Balaban J connectivity index is 2.28. The first-order valence-electron chi connectivity index (χ1n) is 6.38. The Bertz CT molecular complexity index is 675. The summed E-state index contributed by atoms with van der Waals surface area (Å²) in [5.74, 6) is -0.0457. The molecule has 5 heteroatoms. The molecule has 0 radical (unpaired) electrons. The van der Waals surface area contributed by atoms with Crippen LogP contribution in [-0.2, 0) is 0 Å². The lowest BCUT2D eigenvalue weighted by molar-refractivity contribution is 0.0741. The van der Waals surface area contributed by atoms with Gasteiger partial charge in [-0.2, -0.15) is 0 Å². The van der Waals surface area contributed by atoms with E-state index in [1.165, 1.54) is 0 Å². The van der Waals surface area contributed by atoms with Crippen LogP contribution in [-0.4, -0.2) is 17.9 Å². The van der Waals surface area contributed by atoms with Crippen molar-refractivity contribution < 1.29 is 4.79 Å². The maximum atomic E-state index is 12.7. The monoisotopic (exact) mass is 429 g/mol. The van der Waals surface area contributed by atoms with Crippen LogP contribution in [0.5, 0.6) is 0 Å². The van der Waals surface area contributed by atoms with Gasteiger partial charge in [0.15, 0.2) is 0 Å². The van der Waals surface area contributed by atoms with E-state index in [9.17, 15) is 4.79 Å². The zero-order chi connectivity index (χ0) is 15.6. The lowest BCUT2D eigenvalue weighted by atomic mass is 10.1. The molecule has 2 aromatic carbocycles. The predicted molar refractivity (Wildman–Crippen MR) is 93.8 cm³/mol. The fraction of sp³-hybridized carbons (Fsp3) is 0.188. The van der Waals surface area contributed by atoms with E-state index in [0.29, 0.717) is 10.6 Å². The first kappa shape index (κ1) is 16.5. The molecule has 0 aliphatic rings.